The zero-order valence-corrected chi connectivity index (χ0v) is 15.4. The number of H-pyrrole nitrogens is 1. The second kappa shape index (κ2) is 7.67. The largest absolute Gasteiger partial charge is 0.496 e. The average molecular weight is 392 g/mol. The van der Waals surface area contributed by atoms with Gasteiger partial charge < -0.3 is 14.3 Å². The highest BCUT2D eigenvalue weighted by molar-refractivity contribution is 8.04. The molecule has 0 amide bonds. The zero-order valence-electron chi connectivity index (χ0n) is 13.8. The minimum atomic E-state index is -1.10. The van der Waals surface area contributed by atoms with Crippen LogP contribution in [0.5, 0.6) is 5.75 Å². The van der Waals surface area contributed by atoms with Crippen LogP contribution >= 0.6 is 23.4 Å². The van der Waals surface area contributed by atoms with Crippen molar-refractivity contribution in [3.8, 4) is 17.1 Å². The fourth-order valence-corrected chi connectivity index (χ4v) is 3.03. The molecule has 0 aliphatic heterocycles. The Balaban J connectivity index is 1.88. The number of hydrogen-bond donors (Lipinski definition) is 2. The summed E-state index contributed by atoms with van der Waals surface area (Å²) in [6.07, 6.45) is 1.43. The molecule has 0 atom stereocenters. The van der Waals surface area contributed by atoms with E-state index in [4.69, 9.17) is 20.8 Å². The first-order valence-electron chi connectivity index (χ1n) is 7.42. The van der Waals surface area contributed by atoms with E-state index in [-0.39, 0.29) is 10.1 Å². The average Bonchev–Trinajstić information content (AvgIpc) is 3.23. The quantitative estimate of drug-likeness (QED) is 0.478. The van der Waals surface area contributed by atoms with E-state index in [0.29, 0.717) is 33.7 Å². The Morgan fingerprint density at radius 2 is 2.19 bits per heavy atom. The monoisotopic (exact) mass is 391 g/mol. The maximum Gasteiger partial charge on any atom is 0.342 e. The van der Waals surface area contributed by atoms with Crippen LogP contribution in [0.4, 0.5) is 0 Å². The first-order valence-corrected chi connectivity index (χ1v) is 8.61. The van der Waals surface area contributed by atoms with Gasteiger partial charge in [-0.25, -0.2) is 9.78 Å². The van der Waals surface area contributed by atoms with E-state index in [2.05, 4.69) is 15.2 Å². The van der Waals surface area contributed by atoms with Gasteiger partial charge in [-0.05, 0) is 49.0 Å². The molecule has 0 saturated heterocycles. The van der Waals surface area contributed by atoms with E-state index < -0.39 is 5.97 Å². The zero-order chi connectivity index (χ0) is 18.7. The topological polar surface area (TPSA) is 101 Å². The van der Waals surface area contributed by atoms with E-state index in [9.17, 15) is 9.90 Å². The number of aryl methyl sites for hydroxylation is 1. The number of carboxylic acid groups (broad SMARTS) is 1. The van der Waals surface area contributed by atoms with E-state index in [0.717, 1.165) is 11.8 Å². The van der Waals surface area contributed by atoms with Gasteiger partial charge >= 0.3 is 5.97 Å². The molecule has 2 N–H and O–H groups in total. The first-order chi connectivity index (χ1) is 12.5. The number of rotatable bonds is 6. The SMILES string of the molecule is COc1ccc(Cl)cc1-c1nc(S/C(=C\c2ccc(C)o2)C(=O)O)n[nH]1. The van der Waals surface area contributed by atoms with Crippen molar-refractivity contribution in [1.82, 2.24) is 15.2 Å². The summed E-state index contributed by atoms with van der Waals surface area (Å²) in [5.41, 5.74) is 0.627. The molecule has 0 bridgehead atoms. The van der Waals surface area contributed by atoms with Crippen molar-refractivity contribution in [3.63, 3.8) is 0 Å². The van der Waals surface area contributed by atoms with Gasteiger partial charge in [0.25, 0.3) is 0 Å². The Hall–Kier alpha value is -2.71. The highest BCUT2D eigenvalue weighted by Crippen LogP contribution is 2.32. The normalized spacial score (nSPS) is 11.6. The number of benzene rings is 1. The number of carboxylic acids is 1. The summed E-state index contributed by atoms with van der Waals surface area (Å²) < 4.78 is 10.7. The van der Waals surface area contributed by atoms with Crippen molar-refractivity contribution in [2.45, 2.75) is 12.1 Å². The molecule has 2 heterocycles. The summed E-state index contributed by atoms with van der Waals surface area (Å²) >= 11 is 6.94. The molecular formula is C17H14ClN3O4S. The van der Waals surface area contributed by atoms with Gasteiger partial charge in [0.2, 0.25) is 5.16 Å². The predicted molar refractivity (Wildman–Crippen MR) is 98.3 cm³/mol. The Kier molecular flexibility index (Phi) is 5.34. The smallest absolute Gasteiger partial charge is 0.342 e. The minimum Gasteiger partial charge on any atom is -0.496 e. The number of aromatic nitrogens is 3. The number of thioether (sulfide) groups is 1. The predicted octanol–water partition coefficient (Wildman–Crippen LogP) is 4.25. The van der Waals surface area contributed by atoms with Gasteiger partial charge in [-0.2, -0.15) is 0 Å². The molecule has 134 valence electrons. The summed E-state index contributed by atoms with van der Waals surface area (Å²) in [4.78, 5) is 15.9. The van der Waals surface area contributed by atoms with Crippen LogP contribution in [-0.2, 0) is 4.79 Å². The molecule has 1 aromatic carbocycles. The molecule has 0 saturated carbocycles. The minimum absolute atomic E-state index is 0.0305. The maximum absolute atomic E-state index is 11.5. The number of ether oxygens (including phenoxy) is 1. The number of nitrogens with one attached hydrogen (secondary N) is 1. The lowest BCUT2D eigenvalue weighted by Crippen LogP contribution is -1.97. The summed E-state index contributed by atoms with van der Waals surface area (Å²) in [5.74, 6) is 1.03. The lowest BCUT2D eigenvalue weighted by molar-refractivity contribution is -0.131. The van der Waals surface area contributed by atoms with Crippen molar-refractivity contribution < 1.29 is 19.1 Å². The molecule has 26 heavy (non-hydrogen) atoms. The van der Waals surface area contributed by atoms with Crippen LogP contribution < -0.4 is 4.74 Å². The highest BCUT2D eigenvalue weighted by atomic mass is 35.5. The molecule has 0 fully saturated rings. The number of furan rings is 1. The lowest BCUT2D eigenvalue weighted by Gasteiger charge is -2.05. The van der Waals surface area contributed by atoms with Crippen LogP contribution in [-0.4, -0.2) is 33.4 Å². The molecule has 3 aromatic rings. The Bertz CT molecular complexity index is 980. The van der Waals surface area contributed by atoms with Crippen molar-refractivity contribution in [3.05, 3.63) is 51.8 Å². The Labute approximate surface area is 158 Å². The molecule has 7 nitrogen and oxygen atoms in total. The van der Waals surface area contributed by atoms with Gasteiger partial charge in [-0.3, -0.25) is 5.10 Å². The summed E-state index contributed by atoms with van der Waals surface area (Å²) in [6.45, 7) is 1.78. The number of carbonyl (C=O) groups is 1. The lowest BCUT2D eigenvalue weighted by atomic mass is 10.2. The fourth-order valence-electron chi connectivity index (χ4n) is 2.17. The molecule has 0 unspecified atom stereocenters. The number of halogens is 1. The second-order valence-electron chi connectivity index (χ2n) is 5.18. The molecule has 0 radical (unpaired) electrons. The van der Waals surface area contributed by atoms with Gasteiger partial charge in [0, 0.05) is 11.1 Å². The second-order valence-corrected chi connectivity index (χ2v) is 6.62. The van der Waals surface area contributed by atoms with E-state index in [1.165, 1.54) is 13.2 Å². The Morgan fingerprint density at radius 3 is 2.85 bits per heavy atom. The van der Waals surface area contributed by atoms with Crippen LogP contribution in [0.15, 0.2) is 44.8 Å². The van der Waals surface area contributed by atoms with E-state index in [1.807, 2.05) is 0 Å². The maximum atomic E-state index is 11.5. The van der Waals surface area contributed by atoms with Crippen LogP contribution in [0.25, 0.3) is 17.5 Å². The molecule has 0 aliphatic carbocycles. The van der Waals surface area contributed by atoms with Gasteiger partial charge in [-0.1, -0.05) is 11.6 Å². The fraction of sp³-hybridized carbons (Fsp3) is 0.118. The van der Waals surface area contributed by atoms with Crippen LogP contribution in [0.1, 0.15) is 11.5 Å². The third-order valence-electron chi connectivity index (χ3n) is 3.33. The third kappa shape index (κ3) is 4.09. The van der Waals surface area contributed by atoms with E-state index in [1.54, 1.807) is 37.3 Å². The molecular weight excluding hydrogens is 378 g/mol. The molecule has 2 aromatic heterocycles. The number of methoxy groups -OCH3 is 1. The summed E-state index contributed by atoms with van der Waals surface area (Å²) in [6, 6.07) is 8.56. The number of nitrogens with zero attached hydrogens (tertiary/aromatic N) is 2. The van der Waals surface area contributed by atoms with Crippen LogP contribution in [0.3, 0.4) is 0 Å². The summed E-state index contributed by atoms with van der Waals surface area (Å²) in [5, 5.41) is 17.0. The molecule has 9 heteroatoms. The number of aromatic amines is 1. The van der Waals surface area contributed by atoms with Crippen LogP contribution in [0.2, 0.25) is 5.02 Å². The van der Waals surface area contributed by atoms with Crippen molar-refractivity contribution in [2.24, 2.45) is 0 Å². The summed E-state index contributed by atoms with van der Waals surface area (Å²) in [7, 11) is 1.54. The van der Waals surface area contributed by atoms with E-state index >= 15 is 0 Å². The van der Waals surface area contributed by atoms with Crippen molar-refractivity contribution >= 4 is 35.4 Å². The van der Waals surface area contributed by atoms with Crippen LogP contribution in [0, 0.1) is 6.92 Å². The van der Waals surface area contributed by atoms with Gasteiger partial charge in [0.15, 0.2) is 5.82 Å². The van der Waals surface area contributed by atoms with Crippen molar-refractivity contribution in [2.75, 3.05) is 7.11 Å². The van der Waals surface area contributed by atoms with Gasteiger partial charge in [0.05, 0.1) is 12.7 Å². The number of aliphatic carboxylic acids is 1. The Morgan fingerprint density at radius 1 is 1.38 bits per heavy atom. The number of hydrogen-bond acceptors (Lipinski definition) is 6. The molecule has 3 rings (SSSR count). The van der Waals surface area contributed by atoms with Gasteiger partial charge in [0.1, 0.15) is 22.2 Å². The first kappa shape index (κ1) is 18.1. The van der Waals surface area contributed by atoms with Crippen molar-refractivity contribution in [1.29, 1.82) is 0 Å². The van der Waals surface area contributed by atoms with Gasteiger partial charge in [-0.15, -0.1) is 5.10 Å². The molecule has 0 aliphatic rings. The third-order valence-corrected chi connectivity index (χ3v) is 4.44. The molecule has 0 spiro atoms. The highest BCUT2D eigenvalue weighted by Gasteiger charge is 2.17. The standard InChI is InChI=1S/C17H14ClN3O4S/c1-9-3-5-11(25-9)8-14(16(22)23)26-17-19-15(20-21-17)12-7-10(18)4-6-13(12)24-2/h3-8H,1-2H3,(H,22,23)(H,19,20,21)/b14-8-.